The third-order valence-corrected chi connectivity index (χ3v) is 5.74. The van der Waals surface area contributed by atoms with E-state index in [4.69, 9.17) is 9.72 Å². The molecule has 6 nitrogen and oxygen atoms in total. The molecular weight excluding hydrogens is 388 g/mol. The second-order valence-electron chi connectivity index (χ2n) is 9.61. The van der Waals surface area contributed by atoms with Crippen LogP contribution in [-0.2, 0) is 6.42 Å². The molecule has 2 aromatic heterocycles. The summed E-state index contributed by atoms with van der Waals surface area (Å²) in [6, 6.07) is 8.72. The molecule has 1 aliphatic rings. The number of benzene rings is 1. The Labute approximate surface area is 184 Å². The summed E-state index contributed by atoms with van der Waals surface area (Å²) in [6.07, 6.45) is 6.71. The lowest BCUT2D eigenvalue weighted by molar-refractivity contribution is 0.0939. The molecule has 1 aromatic carbocycles. The molecule has 1 amide bonds. The van der Waals surface area contributed by atoms with E-state index in [1.165, 1.54) is 24.0 Å². The number of carbonyl (C=O) groups is 1. The van der Waals surface area contributed by atoms with Crippen LogP contribution < -0.4 is 10.1 Å². The quantitative estimate of drug-likeness (QED) is 0.645. The summed E-state index contributed by atoms with van der Waals surface area (Å²) in [5.74, 6) is 0.539. The van der Waals surface area contributed by atoms with Crippen LogP contribution in [0.3, 0.4) is 0 Å². The topological polar surface area (TPSA) is 68.5 Å². The number of amides is 1. The molecular formula is C25H32N4O2. The van der Waals surface area contributed by atoms with Crippen LogP contribution in [0.4, 0.5) is 0 Å². The van der Waals surface area contributed by atoms with Crippen LogP contribution in [0.15, 0.2) is 30.5 Å². The highest BCUT2D eigenvalue weighted by molar-refractivity contribution is 6.00. The van der Waals surface area contributed by atoms with Crippen molar-refractivity contribution < 1.29 is 9.53 Å². The van der Waals surface area contributed by atoms with Gasteiger partial charge < -0.3 is 10.1 Å². The molecule has 4 rings (SSSR count). The van der Waals surface area contributed by atoms with Crippen LogP contribution >= 0.6 is 0 Å². The van der Waals surface area contributed by atoms with Gasteiger partial charge in [0, 0.05) is 23.7 Å². The predicted molar refractivity (Wildman–Crippen MR) is 122 cm³/mol. The molecule has 0 radical (unpaired) electrons. The molecule has 1 fully saturated rings. The Bertz CT molecular complexity index is 1090. The Kier molecular flexibility index (Phi) is 5.73. The van der Waals surface area contributed by atoms with Gasteiger partial charge in [-0.25, -0.2) is 4.98 Å². The maximum absolute atomic E-state index is 12.9. The van der Waals surface area contributed by atoms with E-state index < -0.39 is 5.60 Å². The van der Waals surface area contributed by atoms with E-state index in [9.17, 15) is 4.79 Å². The summed E-state index contributed by atoms with van der Waals surface area (Å²) in [6.45, 7) is 10.1. The lowest BCUT2D eigenvalue weighted by Gasteiger charge is -2.24. The Morgan fingerprint density at radius 2 is 1.84 bits per heavy atom. The van der Waals surface area contributed by atoms with Crippen molar-refractivity contribution in [3.05, 3.63) is 58.4 Å². The molecule has 0 saturated heterocycles. The second-order valence-corrected chi connectivity index (χ2v) is 9.61. The summed E-state index contributed by atoms with van der Waals surface area (Å²) in [5.41, 5.74) is 4.86. The van der Waals surface area contributed by atoms with E-state index in [-0.39, 0.29) is 11.9 Å². The zero-order chi connectivity index (χ0) is 22.2. The normalized spacial score (nSPS) is 14.9. The highest BCUT2D eigenvalue weighted by Gasteiger charge is 2.26. The first-order chi connectivity index (χ1) is 14.7. The van der Waals surface area contributed by atoms with Gasteiger partial charge in [-0.2, -0.15) is 9.61 Å². The van der Waals surface area contributed by atoms with Crippen LogP contribution in [0.25, 0.3) is 5.65 Å². The van der Waals surface area contributed by atoms with Crippen molar-refractivity contribution in [3.63, 3.8) is 0 Å². The first-order valence-corrected chi connectivity index (χ1v) is 11.1. The third kappa shape index (κ3) is 4.73. The van der Waals surface area contributed by atoms with Crippen molar-refractivity contribution in [3.8, 4) is 5.88 Å². The van der Waals surface area contributed by atoms with Crippen molar-refractivity contribution in [1.29, 1.82) is 0 Å². The summed E-state index contributed by atoms with van der Waals surface area (Å²) >= 11 is 0. The molecule has 0 unspecified atom stereocenters. The third-order valence-electron chi connectivity index (χ3n) is 5.74. The van der Waals surface area contributed by atoms with Gasteiger partial charge >= 0.3 is 0 Å². The molecule has 1 aliphatic carbocycles. The number of nitrogens with zero attached hydrogens (tertiary/aromatic N) is 3. The van der Waals surface area contributed by atoms with Crippen LogP contribution in [-0.4, -0.2) is 32.1 Å². The standard InChI is InChI=1S/C25H32N4O2/c1-16-10-12-18(13-11-16)14-20-17(2)27-22-21(23(30)28-19-8-6-7-9-19)15-26-29(22)24(20)31-25(3,4)5/h10-13,15,19H,6-9,14H2,1-5H3,(H,28,30). The van der Waals surface area contributed by atoms with Gasteiger partial charge in [0.2, 0.25) is 5.88 Å². The highest BCUT2D eigenvalue weighted by Crippen LogP contribution is 2.30. The molecule has 1 N–H and O–H groups in total. The van der Waals surface area contributed by atoms with Crippen molar-refractivity contribution in [1.82, 2.24) is 19.9 Å². The number of hydrogen-bond acceptors (Lipinski definition) is 4. The monoisotopic (exact) mass is 420 g/mol. The number of aromatic nitrogens is 3. The number of hydrogen-bond donors (Lipinski definition) is 1. The van der Waals surface area contributed by atoms with Crippen molar-refractivity contribution in [2.45, 2.75) is 78.4 Å². The van der Waals surface area contributed by atoms with E-state index in [2.05, 4.69) is 41.6 Å². The molecule has 0 bridgehead atoms. The minimum absolute atomic E-state index is 0.109. The first kappa shape index (κ1) is 21.3. The van der Waals surface area contributed by atoms with Crippen molar-refractivity contribution in [2.24, 2.45) is 0 Å². The van der Waals surface area contributed by atoms with Crippen LogP contribution in [0.5, 0.6) is 5.88 Å². The van der Waals surface area contributed by atoms with Crippen LogP contribution in [0.2, 0.25) is 0 Å². The minimum Gasteiger partial charge on any atom is -0.472 e. The van der Waals surface area contributed by atoms with Gasteiger partial charge in [0.1, 0.15) is 11.2 Å². The molecule has 0 spiro atoms. The smallest absolute Gasteiger partial charge is 0.256 e. The van der Waals surface area contributed by atoms with E-state index in [0.29, 0.717) is 23.5 Å². The number of aryl methyl sites for hydroxylation is 2. The van der Waals surface area contributed by atoms with E-state index in [1.807, 2.05) is 27.7 Å². The van der Waals surface area contributed by atoms with Gasteiger partial charge in [0.15, 0.2) is 5.65 Å². The summed E-state index contributed by atoms with van der Waals surface area (Å²) in [5, 5.41) is 7.67. The Hall–Kier alpha value is -2.89. The van der Waals surface area contributed by atoms with Gasteiger partial charge in [-0.3, -0.25) is 4.79 Å². The van der Waals surface area contributed by atoms with E-state index in [1.54, 1.807) is 10.7 Å². The maximum atomic E-state index is 12.9. The van der Waals surface area contributed by atoms with Gasteiger partial charge in [0.25, 0.3) is 5.91 Å². The summed E-state index contributed by atoms with van der Waals surface area (Å²) < 4.78 is 8.06. The van der Waals surface area contributed by atoms with Gasteiger partial charge in [0.05, 0.1) is 6.20 Å². The van der Waals surface area contributed by atoms with E-state index >= 15 is 0 Å². The Morgan fingerprint density at radius 3 is 2.48 bits per heavy atom. The summed E-state index contributed by atoms with van der Waals surface area (Å²) in [4.78, 5) is 17.7. The zero-order valence-corrected chi connectivity index (χ0v) is 19.2. The number of rotatable bonds is 5. The van der Waals surface area contributed by atoms with Crippen LogP contribution in [0.1, 0.15) is 79.2 Å². The van der Waals surface area contributed by atoms with Gasteiger partial charge in [-0.1, -0.05) is 42.7 Å². The fraction of sp³-hybridized carbons (Fsp3) is 0.480. The maximum Gasteiger partial charge on any atom is 0.256 e. The summed E-state index contributed by atoms with van der Waals surface area (Å²) in [7, 11) is 0. The molecule has 0 atom stereocenters. The number of ether oxygens (including phenoxy) is 1. The highest BCUT2D eigenvalue weighted by atomic mass is 16.5. The van der Waals surface area contributed by atoms with Crippen LogP contribution in [0, 0.1) is 13.8 Å². The lowest BCUT2D eigenvalue weighted by Crippen LogP contribution is -2.32. The number of fused-ring (bicyclic) bond motifs is 1. The SMILES string of the molecule is Cc1ccc(Cc2c(C)nc3c(C(=O)NC4CCCC4)cnn3c2OC(C)(C)C)cc1. The molecule has 2 heterocycles. The molecule has 164 valence electrons. The largest absolute Gasteiger partial charge is 0.472 e. The molecule has 3 aromatic rings. The molecule has 6 heteroatoms. The fourth-order valence-corrected chi connectivity index (χ4v) is 4.11. The zero-order valence-electron chi connectivity index (χ0n) is 19.2. The average Bonchev–Trinajstić information content (AvgIpc) is 3.34. The first-order valence-electron chi connectivity index (χ1n) is 11.1. The predicted octanol–water partition coefficient (Wildman–Crippen LogP) is 4.79. The molecule has 31 heavy (non-hydrogen) atoms. The van der Waals surface area contributed by atoms with Gasteiger partial charge in [-0.05, 0) is 53.0 Å². The Morgan fingerprint density at radius 1 is 1.16 bits per heavy atom. The van der Waals surface area contributed by atoms with E-state index in [0.717, 1.165) is 24.1 Å². The number of nitrogens with one attached hydrogen (secondary N) is 1. The minimum atomic E-state index is -0.416. The number of carbonyl (C=O) groups excluding carboxylic acids is 1. The molecule has 0 aliphatic heterocycles. The lowest BCUT2D eigenvalue weighted by atomic mass is 10.0. The van der Waals surface area contributed by atoms with Crippen molar-refractivity contribution >= 4 is 11.6 Å². The second kappa shape index (κ2) is 8.33. The van der Waals surface area contributed by atoms with Crippen molar-refractivity contribution in [2.75, 3.05) is 0 Å². The average molecular weight is 421 g/mol. The van der Waals surface area contributed by atoms with Gasteiger partial charge in [-0.15, -0.1) is 0 Å². The Balaban J connectivity index is 1.76. The fourth-order valence-electron chi connectivity index (χ4n) is 4.11. The molecule has 1 saturated carbocycles.